The van der Waals surface area contributed by atoms with Crippen LogP contribution in [0.5, 0.6) is 5.75 Å². The molecule has 2 amide bonds. The average molecular weight is 404 g/mol. The molecule has 9 nitrogen and oxygen atoms in total. The third-order valence-electron chi connectivity index (χ3n) is 4.85. The number of phenolic OH excluding ortho intramolecular Hbond substituents is 1. The van der Waals surface area contributed by atoms with Crippen molar-refractivity contribution < 1.29 is 29.0 Å². The number of aryl methyl sites for hydroxylation is 1. The minimum absolute atomic E-state index is 0.0476. The highest BCUT2D eigenvalue weighted by Gasteiger charge is 2.25. The highest BCUT2D eigenvalue weighted by molar-refractivity contribution is 5.89. The SMILES string of the molecule is CC[C@H](C)[C@@H](NC(=O)CNC(=O)Cc1c(C)c2ccc(O)cc2oc1=O)C(=O)O. The Morgan fingerprint density at radius 1 is 1.21 bits per heavy atom. The number of phenols is 1. The number of rotatable bonds is 8. The fourth-order valence-corrected chi connectivity index (χ4v) is 2.90. The summed E-state index contributed by atoms with van der Waals surface area (Å²) in [5.41, 5.74) is 0.186. The van der Waals surface area contributed by atoms with Crippen molar-refractivity contribution in [3.8, 4) is 5.75 Å². The summed E-state index contributed by atoms with van der Waals surface area (Å²) in [7, 11) is 0. The molecule has 0 bridgehead atoms. The summed E-state index contributed by atoms with van der Waals surface area (Å²) >= 11 is 0. The molecule has 1 aromatic carbocycles. The van der Waals surface area contributed by atoms with Crippen molar-refractivity contribution in [2.24, 2.45) is 5.92 Å². The van der Waals surface area contributed by atoms with Crippen molar-refractivity contribution in [3.63, 3.8) is 0 Å². The van der Waals surface area contributed by atoms with Gasteiger partial charge in [-0.3, -0.25) is 9.59 Å². The molecule has 0 aliphatic carbocycles. The van der Waals surface area contributed by atoms with E-state index < -0.39 is 36.0 Å². The molecule has 4 N–H and O–H groups in total. The van der Waals surface area contributed by atoms with Crippen LogP contribution in [-0.2, 0) is 20.8 Å². The van der Waals surface area contributed by atoms with Gasteiger partial charge in [-0.05, 0) is 30.5 Å². The topological polar surface area (TPSA) is 146 Å². The second-order valence-corrected chi connectivity index (χ2v) is 6.90. The molecule has 29 heavy (non-hydrogen) atoms. The number of hydrogen-bond acceptors (Lipinski definition) is 6. The van der Waals surface area contributed by atoms with Crippen LogP contribution in [0, 0.1) is 12.8 Å². The number of carboxylic acids is 1. The molecule has 0 aliphatic rings. The average Bonchev–Trinajstić information content (AvgIpc) is 2.66. The molecule has 0 unspecified atom stereocenters. The van der Waals surface area contributed by atoms with Crippen LogP contribution in [0.25, 0.3) is 11.0 Å². The lowest BCUT2D eigenvalue weighted by atomic mass is 9.99. The largest absolute Gasteiger partial charge is 0.508 e. The van der Waals surface area contributed by atoms with Gasteiger partial charge in [-0.25, -0.2) is 9.59 Å². The number of hydrogen-bond donors (Lipinski definition) is 4. The molecule has 9 heteroatoms. The Balaban J connectivity index is 2.04. The van der Waals surface area contributed by atoms with Crippen LogP contribution in [-0.4, -0.2) is 40.6 Å². The lowest BCUT2D eigenvalue weighted by Gasteiger charge is -2.20. The Kier molecular flexibility index (Phi) is 6.98. The number of carbonyl (C=O) groups excluding carboxylic acids is 2. The third-order valence-corrected chi connectivity index (χ3v) is 4.85. The van der Waals surface area contributed by atoms with Crippen LogP contribution in [0.1, 0.15) is 31.4 Å². The fraction of sp³-hybridized carbons (Fsp3) is 0.400. The van der Waals surface area contributed by atoms with E-state index in [1.54, 1.807) is 19.9 Å². The quantitative estimate of drug-likeness (QED) is 0.482. The third kappa shape index (κ3) is 5.34. The summed E-state index contributed by atoms with van der Waals surface area (Å²) in [6, 6.07) is 3.29. The Morgan fingerprint density at radius 3 is 2.52 bits per heavy atom. The van der Waals surface area contributed by atoms with Gasteiger partial charge in [0.05, 0.1) is 18.5 Å². The Bertz CT molecular complexity index is 996. The number of amides is 2. The molecule has 0 aliphatic heterocycles. The Labute approximate surface area is 166 Å². The number of benzene rings is 1. The summed E-state index contributed by atoms with van der Waals surface area (Å²) in [5.74, 6) is -2.67. The highest BCUT2D eigenvalue weighted by atomic mass is 16.4. The van der Waals surface area contributed by atoms with E-state index in [2.05, 4.69) is 10.6 Å². The zero-order valence-electron chi connectivity index (χ0n) is 16.4. The van der Waals surface area contributed by atoms with Crippen LogP contribution in [0.4, 0.5) is 0 Å². The highest BCUT2D eigenvalue weighted by Crippen LogP contribution is 2.23. The summed E-state index contributed by atoms with van der Waals surface area (Å²) < 4.78 is 5.16. The van der Waals surface area contributed by atoms with Gasteiger partial charge in [-0.2, -0.15) is 0 Å². The van der Waals surface area contributed by atoms with Crippen LogP contribution in [0.3, 0.4) is 0 Å². The van der Waals surface area contributed by atoms with Gasteiger partial charge in [0.25, 0.3) is 0 Å². The number of aliphatic carboxylic acids is 1. The van der Waals surface area contributed by atoms with Crippen LogP contribution >= 0.6 is 0 Å². The first-order chi connectivity index (χ1) is 13.6. The van der Waals surface area contributed by atoms with Gasteiger partial charge >= 0.3 is 11.6 Å². The number of carboxylic acid groups (broad SMARTS) is 1. The summed E-state index contributed by atoms with van der Waals surface area (Å²) in [6.07, 6.45) is 0.268. The maximum Gasteiger partial charge on any atom is 0.340 e. The van der Waals surface area contributed by atoms with Gasteiger partial charge in [0.2, 0.25) is 11.8 Å². The molecular weight excluding hydrogens is 380 g/mol. The van der Waals surface area contributed by atoms with Gasteiger partial charge in [0, 0.05) is 11.5 Å². The molecule has 0 fully saturated rings. The van der Waals surface area contributed by atoms with Gasteiger partial charge in [-0.1, -0.05) is 20.3 Å². The van der Waals surface area contributed by atoms with Gasteiger partial charge in [0.1, 0.15) is 17.4 Å². The van der Waals surface area contributed by atoms with Crippen LogP contribution in [0.2, 0.25) is 0 Å². The molecular formula is C20H24N2O7. The normalized spacial score (nSPS) is 12.9. The minimum atomic E-state index is -1.14. The molecule has 0 radical (unpaired) electrons. The van der Waals surface area contributed by atoms with Gasteiger partial charge in [-0.15, -0.1) is 0 Å². The predicted octanol–water partition coefficient (Wildman–Crippen LogP) is 1.08. The smallest absolute Gasteiger partial charge is 0.340 e. The Morgan fingerprint density at radius 2 is 1.90 bits per heavy atom. The van der Waals surface area contributed by atoms with Crippen molar-refractivity contribution in [3.05, 3.63) is 39.7 Å². The minimum Gasteiger partial charge on any atom is -0.508 e. The van der Waals surface area contributed by atoms with E-state index in [-0.39, 0.29) is 29.2 Å². The molecule has 1 aromatic heterocycles. The summed E-state index contributed by atoms with van der Waals surface area (Å²) in [6.45, 7) is 4.77. The Hall–Kier alpha value is -3.36. The number of aromatic hydroxyl groups is 1. The first-order valence-electron chi connectivity index (χ1n) is 9.18. The fourth-order valence-electron chi connectivity index (χ4n) is 2.90. The lowest BCUT2D eigenvalue weighted by molar-refractivity contribution is -0.143. The molecule has 2 aromatic rings. The van der Waals surface area contributed by atoms with E-state index in [9.17, 15) is 29.4 Å². The second-order valence-electron chi connectivity index (χ2n) is 6.90. The molecule has 0 spiro atoms. The zero-order valence-corrected chi connectivity index (χ0v) is 16.4. The standard InChI is InChI=1S/C20H24N2O7/c1-4-10(2)18(19(26)27)22-17(25)9-21-16(24)8-14-11(3)13-6-5-12(23)7-15(13)29-20(14)28/h5-7,10,18,23H,4,8-9H2,1-3H3,(H,21,24)(H,22,25)(H,26,27)/t10-,18+/m0/s1. The van der Waals surface area contributed by atoms with Crippen molar-refractivity contribution in [2.75, 3.05) is 6.54 Å². The second kappa shape index (κ2) is 9.22. The monoisotopic (exact) mass is 404 g/mol. The first kappa shape index (κ1) is 21.9. The molecule has 156 valence electrons. The number of nitrogens with one attached hydrogen (secondary N) is 2. The molecule has 1 heterocycles. The van der Waals surface area contributed by atoms with Crippen molar-refractivity contribution >= 4 is 28.8 Å². The van der Waals surface area contributed by atoms with Crippen molar-refractivity contribution in [2.45, 2.75) is 39.7 Å². The van der Waals surface area contributed by atoms with Crippen molar-refractivity contribution in [1.29, 1.82) is 0 Å². The molecule has 0 saturated carbocycles. The van der Waals surface area contributed by atoms with Gasteiger partial charge in [0.15, 0.2) is 0 Å². The van der Waals surface area contributed by atoms with Crippen molar-refractivity contribution in [1.82, 2.24) is 10.6 Å². The molecule has 0 saturated heterocycles. The van der Waals surface area contributed by atoms with E-state index >= 15 is 0 Å². The van der Waals surface area contributed by atoms with E-state index in [0.717, 1.165) is 0 Å². The number of carbonyl (C=O) groups is 3. The summed E-state index contributed by atoms with van der Waals surface area (Å²) in [4.78, 5) is 47.6. The van der Waals surface area contributed by atoms with E-state index in [1.165, 1.54) is 12.1 Å². The zero-order chi connectivity index (χ0) is 21.7. The number of fused-ring (bicyclic) bond motifs is 1. The van der Waals surface area contributed by atoms with Crippen LogP contribution < -0.4 is 16.3 Å². The maximum absolute atomic E-state index is 12.2. The predicted molar refractivity (Wildman–Crippen MR) is 105 cm³/mol. The lowest BCUT2D eigenvalue weighted by Crippen LogP contribution is -2.48. The maximum atomic E-state index is 12.2. The van der Waals surface area contributed by atoms with Gasteiger partial charge < -0.3 is 25.3 Å². The van der Waals surface area contributed by atoms with Crippen LogP contribution in [0.15, 0.2) is 27.4 Å². The first-order valence-corrected chi connectivity index (χ1v) is 9.18. The van der Waals surface area contributed by atoms with E-state index in [0.29, 0.717) is 17.4 Å². The van der Waals surface area contributed by atoms with E-state index in [1.807, 2.05) is 6.92 Å². The molecule has 2 rings (SSSR count). The molecule has 2 atom stereocenters. The van der Waals surface area contributed by atoms with E-state index in [4.69, 9.17) is 4.42 Å². The summed E-state index contributed by atoms with van der Waals surface area (Å²) in [5, 5.41) is 24.0.